The molecule has 4 rings (SSSR count). The Balaban J connectivity index is 1.49. The van der Waals surface area contributed by atoms with Crippen molar-refractivity contribution in [2.75, 3.05) is 11.9 Å². The maximum Gasteiger partial charge on any atom is 0.259 e. The number of aryl methyl sites for hydroxylation is 2. The van der Waals surface area contributed by atoms with Crippen LogP contribution in [-0.2, 0) is 4.79 Å². The van der Waals surface area contributed by atoms with Gasteiger partial charge < -0.3 is 15.2 Å². The van der Waals surface area contributed by atoms with E-state index in [0.29, 0.717) is 34.0 Å². The number of halogens is 1. The van der Waals surface area contributed by atoms with E-state index in [1.165, 1.54) is 0 Å². The highest BCUT2D eigenvalue weighted by atomic mass is 79.9. The summed E-state index contributed by atoms with van der Waals surface area (Å²) >= 11 is 3.39. The van der Waals surface area contributed by atoms with E-state index in [1.807, 2.05) is 25.1 Å². The summed E-state index contributed by atoms with van der Waals surface area (Å²) in [7, 11) is 0. The van der Waals surface area contributed by atoms with E-state index >= 15 is 0 Å². The number of aromatic nitrogens is 2. The van der Waals surface area contributed by atoms with Gasteiger partial charge >= 0.3 is 0 Å². The highest BCUT2D eigenvalue weighted by Gasteiger charge is 2.28. The number of anilines is 1. The Bertz CT molecular complexity index is 1090. The maximum atomic E-state index is 12.8. The number of rotatable bonds is 5. The van der Waals surface area contributed by atoms with Crippen LogP contribution in [-0.4, -0.2) is 28.5 Å². The number of amides is 2. The van der Waals surface area contributed by atoms with E-state index in [2.05, 4.69) is 36.7 Å². The van der Waals surface area contributed by atoms with Gasteiger partial charge in [0.15, 0.2) is 0 Å². The smallest absolute Gasteiger partial charge is 0.259 e. The van der Waals surface area contributed by atoms with Crippen LogP contribution < -0.4 is 10.6 Å². The van der Waals surface area contributed by atoms with E-state index in [9.17, 15) is 9.59 Å². The second kappa shape index (κ2) is 7.35. The number of pyridine rings is 1. The fourth-order valence-corrected chi connectivity index (χ4v) is 3.57. The average molecular weight is 443 g/mol. The minimum Gasteiger partial charge on any atom is -0.343 e. The molecule has 0 spiro atoms. The van der Waals surface area contributed by atoms with E-state index < -0.39 is 0 Å². The minimum atomic E-state index is -0.344. The first kappa shape index (κ1) is 18.6. The Morgan fingerprint density at radius 2 is 2.04 bits per heavy atom. The number of nitrogens with one attached hydrogen (secondary N) is 2. The fourth-order valence-electron chi connectivity index (χ4n) is 3.10. The Hall–Kier alpha value is -2.74. The lowest BCUT2D eigenvalue weighted by atomic mass is 10.1. The molecule has 2 N–H and O–H groups in total. The zero-order valence-corrected chi connectivity index (χ0v) is 17.1. The molecule has 2 amide bonds. The molecule has 1 aliphatic rings. The number of hydrogen-bond donors (Lipinski definition) is 2. The summed E-state index contributed by atoms with van der Waals surface area (Å²) in [6, 6.07) is 7.36. The number of benzene rings is 1. The maximum absolute atomic E-state index is 12.8. The Morgan fingerprint density at radius 1 is 1.25 bits per heavy atom. The van der Waals surface area contributed by atoms with E-state index in [1.54, 1.807) is 13.0 Å². The summed E-state index contributed by atoms with van der Waals surface area (Å²) in [6.45, 7) is 3.53. The molecule has 0 bridgehead atoms. The van der Waals surface area contributed by atoms with Crippen molar-refractivity contribution < 1.29 is 14.1 Å². The third kappa shape index (κ3) is 3.77. The predicted molar refractivity (Wildman–Crippen MR) is 108 cm³/mol. The molecule has 0 radical (unpaired) electrons. The van der Waals surface area contributed by atoms with Gasteiger partial charge in [0.1, 0.15) is 0 Å². The van der Waals surface area contributed by atoms with Crippen LogP contribution in [0.15, 0.2) is 33.3 Å². The number of carbonyl (C=O) groups excluding carboxylic acids is 2. The fraction of sp³-hybridized carbons (Fsp3) is 0.300. The summed E-state index contributed by atoms with van der Waals surface area (Å²) < 4.78 is 6.20. The molecule has 2 aromatic heterocycles. The van der Waals surface area contributed by atoms with Gasteiger partial charge in [-0.2, -0.15) is 0 Å². The lowest BCUT2D eigenvalue weighted by molar-refractivity contribution is -0.115. The van der Waals surface area contributed by atoms with Crippen molar-refractivity contribution in [2.24, 2.45) is 0 Å². The van der Waals surface area contributed by atoms with Crippen LogP contribution in [0.1, 0.15) is 46.1 Å². The quantitative estimate of drug-likeness (QED) is 0.625. The molecule has 1 fully saturated rings. The van der Waals surface area contributed by atoms with Crippen LogP contribution in [0.3, 0.4) is 0 Å². The van der Waals surface area contributed by atoms with Gasteiger partial charge in [0.25, 0.3) is 11.6 Å². The SMILES string of the molecule is Cc1cc(Br)ccc1NC(=O)CNC(=O)c1cc(C2CC2)nc2onc(C)c12. The number of carbonyl (C=O) groups is 2. The van der Waals surface area contributed by atoms with Gasteiger partial charge in [0.2, 0.25) is 5.91 Å². The first-order valence-electron chi connectivity index (χ1n) is 9.03. The number of hydrogen-bond acceptors (Lipinski definition) is 5. The summed E-state index contributed by atoms with van der Waals surface area (Å²) in [5, 5.41) is 10.0. The normalized spacial score (nSPS) is 13.5. The largest absolute Gasteiger partial charge is 0.343 e. The first-order valence-corrected chi connectivity index (χ1v) is 9.83. The lowest BCUT2D eigenvalue weighted by Crippen LogP contribution is -2.33. The molecule has 0 aliphatic heterocycles. The van der Waals surface area contributed by atoms with Gasteiger partial charge in [0.05, 0.1) is 23.2 Å². The molecule has 1 saturated carbocycles. The van der Waals surface area contributed by atoms with Crippen LogP contribution >= 0.6 is 15.9 Å². The van der Waals surface area contributed by atoms with Crippen molar-refractivity contribution in [3.8, 4) is 0 Å². The van der Waals surface area contributed by atoms with Gasteiger partial charge in [-0.05, 0) is 56.5 Å². The Kier molecular flexibility index (Phi) is 4.89. The van der Waals surface area contributed by atoms with Crippen molar-refractivity contribution in [1.82, 2.24) is 15.5 Å². The lowest BCUT2D eigenvalue weighted by Gasteiger charge is -2.10. The molecule has 8 heteroatoms. The molecule has 0 atom stereocenters. The molecule has 7 nitrogen and oxygen atoms in total. The summed E-state index contributed by atoms with van der Waals surface area (Å²) in [5.74, 6) is -0.276. The number of fused-ring (bicyclic) bond motifs is 1. The van der Waals surface area contributed by atoms with E-state index in [0.717, 1.165) is 28.6 Å². The van der Waals surface area contributed by atoms with Crippen molar-refractivity contribution >= 4 is 44.5 Å². The van der Waals surface area contributed by atoms with Crippen LogP contribution in [0, 0.1) is 13.8 Å². The van der Waals surface area contributed by atoms with E-state index in [-0.39, 0.29) is 18.4 Å². The van der Waals surface area contributed by atoms with Gasteiger partial charge in [-0.15, -0.1) is 0 Å². The third-order valence-corrected chi connectivity index (χ3v) is 5.24. The molecule has 2 heterocycles. The molecule has 28 heavy (non-hydrogen) atoms. The van der Waals surface area contributed by atoms with E-state index in [4.69, 9.17) is 4.52 Å². The van der Waals surface area contributed by atoms with Crippen LogP contribution in [0.25, 0.3) is 11.1 Å². The van der Waals surface area contributed by atoms with Crippen molar-refractivity contribution in [2.45, 2.75) is 32.6 Å². The highest BCUT2D eigenvalue weighted by molar-refractivity contribution is 9.10. The Labute approximate surface area is 170 Å². The zero-order valence-electron chi connectivity index (χ0n) is 15.5. The standard InChI is InChI=1S/C20H19BrN4O3/c1-10-7-13(21)5-6-15(10)23-17(26)9-22-19(27)14-8-16(12-3-4-12)24-20-18(14)11(2)25-28-20/h5-8,12H,3-4,9H2,1-2H3,(H,22,27)(H,23,26). The summed E-state index contributed by atoms with van der Waals surface area (Å²) in [6.07, 6.45) is 2.11. The average Bonchev–Trinajstić information content (AvgIpc) is 3.45. The van der Waals surface area contributed by atoms with Crippen LogP contribution in [0.4, 0.5) is 5.69 Å². The summed E-state index contributed by atoms with van der Waals surface area (Å²) in [5.41, 5.74) is 3.88. The number of nitrogens with zero attached hydrogens (tertiary/aromatic N) is 2. The molecule has 1 aliphatic carbocycles. The first-order chi connectivity index (χ1) is 13.4. The van der Waals surface area contributed by atoms with Gasteiger partial charge in [-0.3, -0.25) is 9.59 Å². The molecular formula is C20H19BrN4O3. The molecule has 0 saturated heterocycles. The van der Waals surface area contributed by atoms with Crippen molar-refractivity contribution in [3.05, 3.63) is 51.3 Å². The molecule has 0 unspecified atom stereocenters. The molecule has 3 aromatic rings. The molecule has 1 aromatic carbocycles. The van der Waals surface area contributed by atoms with Gasteiger partial charge in [0, 0.05) is 21.8 Å². The predicted octanol–water partition coefficient (Wildman–Crippen LogP) is 3.85. The van der Waals surface area contributed by atoms with Gasteiger partial charge in [-0.1, -0.05) is 21.1 Å². The second-order valence-electron chi connectivity index (χ2n) is 7.01. The Morgan fingerprint density at radius 3 is 2.75 bits per heavy atom. The van der Waals surface area contributed by atoms with Gasteiger partial charge in [-0.25, -0.2) is 4.98 Å². The van der Waals surface area contributed by atoms with Crippen molar-refractivity contribution in [3.63, 3.8) is 0 Å². The summed E-state index contributed by atoms with van der Waals surface area (Å²) in [4.78, 5) is 29.5. The third-order valence-electron chi connectivity index (χ3n) is 4.75. The highest BCUT2D eigenvalue weighted by Crippen LogP contribution is 2.40. The molecule has 144 valence electrons. The topological polar surface area (TPSA) is 97.1 Å². The van der Waals surface area contributed by atoms with Crippen molar-refractivity contribution in [1.29, 1.82) is 0 Å². The molecular weight excluding hydrogens is 424 g/mol. The van der Waals surface area contributed by atoms with Crippen LogP contribution in [0.5, 0.6) is 0 Å². The minimum absolute atomic E-state index is 0.138. The van der Waals surface area contributed by atoms with Crippen LogP contribution in [0.2, 0.25) is 0 Å². The monoisotopic (exact) mass is 442 g/mol. The zero-order chi connectivity index (χ0) is 19.8. The second-order valence-corrected chi connectivity index (χ2v) is 7.92.